The van der Waals surface area contributed by atoms with E-state index in [4.69, 9.17) is 0 Å². The summed E-state index contributed by atoms with van der Waals surface area (Å²) in [5.41, 5.74) is 0.321. The molecule has 2 aliphatic heterocycles. The molecule has 0 aromatic carbocycles. The van der Waals surface area contributed by atoms with E-state index in [1.165, 1.54) is 24.7 Å². The molecule has 176 valence electrons. The SMILES string of the molecule is CCN1CCC(N(C)C(=O)C2CC3CCCCC3N2C(=O)c2csc(NC(C)=O)n2)CC1. The van der Waals surface area contributed by atoms with Crippen molar-refractivity contribution in [2.24, 2.45) is 5.92 Å². The van der Waals surface area contributed by atoms with Crippen LogP contribution in [0.1, 0.15) is 69.3 Å². The summed E-state index contributed by atoms with van der Waals surface area (Å²) < 4.78 is 0. The van der Waals surface area contributed by atoms with Crippen LogP contribution in [-0.2, 0) is 9.59 Å². The van der Waals surface area contributed by atoms with Gasteiger partial charge in [0.05, 0.1) is 0 Å². The second kappa shape index (κ2) is 9.87. The molecule has 2 saturated heterocycles. The highest BCUT2D eigenvalue weighted by Crippen LogP contribution is 2.41. The summed E-state index contributed by atoms with van der Waals surface area (Å²) in [6, 6.07) is -0.0855. The molecule has 3 aliphatic rings. The Morgan fingerprint density at radius 1 is 1.19 bits per heavy atom. The molecule has 0 radical (unpaired) electrons. The van der Waals surface area contributed by atoms with Gasteiger partial charge in [0.1, 0.15) is 11.7 Å². The molecule has 1 aromatic heterocycles. The monoisotopic (exact) mass is 461 g/mol. The highest BCUT2D eigenvalue weighted by atomic mass is 32.1. The average Bonchev–Trinajstić information content (AvgIpc) is 3.42. The molecule has 3 heterocycles. The van der Waals surface area contributed by atoms with E-state index < -0.39 is 6.04 Å². The predicted molar refractivity (Wildman–Crippen MR) is 125 cm³/mol. The Morgan fingerprint density at radius 2 is 1.91 bits per heavy atom. The fourth-order valence-corrected chi connectivity index (χ4v) is 6.45. The molecule has 0 bridgehead atoms. The Bertz CT molecular complexity index is 850. The molecule has 3 unspecified atom stereocenters. The van der Waals surface area contributed by atoms with Gasteiger partial charge < -0.3 is 20.0 Å². The second-order valence-electron chi connectivity index (χ2n) is 9.41. The molecule has 3 fully saturated rings. The highest BCUT2D eigenvalue weighted by molar-refractivity contribution is 7.14. The normalized spacial score (nSPS) is 26.6. The van der Waals surface area contributed by atoms with Crippen LogP contribution in [0.5, 0.6) is 0 Å². The summed E-state index contributed by atoms with van der Waals surface area (Å²) in [6.07, 6.45) is 6.98. The summed E-state index contributed by atoms with van der Waals surface area (Å²) >= 11 is 1.24. The van der Waals surface area contributed by atoms with Crippen molar-refractivity contribution in [1.82, 2.24) is 19.7 Å². The lowest BCUT2D eigenvalue weighted by atomic mass is 9.84. The van der Waals surface area contributed by atoms with Crippen LogP contribution in [0.25, 0.3) is 0 Å². The van der Waals surface area contributed by atoms with Gasteiger partial charge in [0, 0.05) is 44.5 Å². The van der Waals surface area contributed by atoms with Crippen LogP contribution in [0, 0.1) is 5.92 Å². The Morgan fingerprint density at radius 3 is 2.59 bits per heavy atom. The lowest BCUT2D eigenvalue weighted by Gasteiger charge is -2.39. The number of carbonyl (C=O) groups excluding carboxylic acids is 3. The number of amides is 3. The van der Waals surface area contributed by atoms with Gasteiger partial charge in [-0.05, 0) is 44.6 Å². The smallest absolute Gasteiger partial charge is 0.274 e. The third-order valence-electron chi connectivity index (χ3n) is 7.51. The third-order valence-corrected chi connectivity index (χ3v) is 8.27. The number of piperidine rings is 1. The largest absolute Gasteiger partial charge is 0.341 e. The molecule has 1 saturated carbocycles. The van der Waals surface area contributed by atoms with E-state index in [0.717, 1.165) is 58.2 Å². The first-order valence-corrected chi connectivity index (χ1v) is 12.8. The topological polar surface area (TPSA) is 85.9 Å². The molecule has 8 nitrogen and oxygen atoms in total. The Labute approximate surface area is 194 Å². The second-order valence-corrected chi connectivity index (χ2v) is 10.3. The van der Waals surface area contributed by atoms with Gasteiger partial charge in [0.2, 0.25) is 11.8 Å². The minimum Gasteiger partial charge on any atom is -0.341 e. The van der Waals surface area contributed by atoms with Crippen molar-refractivity contribution in [3.63, 3.8) is 0 Å². The summed E-state index contributed by atoms with van der Waals surface area (Å²) in [5, 5.41) is 4.76. The number of aromatic nitrogens is 1. The first-order chi connectivity index (χ1) is 15.4. The maximum absolute atomic E-state index is 13.7. The number of likely N-dealkylation sites (N-methyl/N-ethyl adjacent to an activating group) is 1. The molecule has 4 rings (SSSR count). The van der Waals surface area contributed by atoms with Crippen LogP contribution >= 0.6 is 11.3 Å². The minimum absolute atomic E-state index is 0.0695. The Balaban J connectivity index is 1.53. The van der Waals surface area contributed by atoms with E-state index in [1.807, 2.05) is 16.8 Å². The van der Waals surface area contributed by atoms with Gasteiger partial charge in [-0.25, -0.2) is 4.98 Å². The van der Waals surface area contributed by atoms with E-state index >= 15 is 0 Å². The lowest BCUT2D eigenvalue weighted by Crippen LogP contribution is -2.53. The van der Waals surface area contributed by atoms with Gasteiger partial charge in [-0.3, -0.25) is 14.4 Å². The fraction of sp³-hybridized carbons (Fsp3) is 0.739. The van der Waals surface area contributed by atoms with Gasteiger partial charge in [-0.2, -0.15) is 0 Å². The number of hydrogen-bond acceptors (Lipinski definition) is 6. The average molecular weight is 462 g/mol. The molecule has 0 spiro atoms. The van der Waals surface area contributed by atoms with Crippen LogP contribution < -0.4 is 5.32 Å². The molecule has 3 amide bonds. The number of nitrogens with one attached hydrogen (secondary N) is 1. The number of hydrogen-bond donors (Lipinski definition) is 1. The van der Waals surface area contributed by atoms with Gasteiger partial charge in [0.25, 0.3) is 5.91 Å². The first kappa shape index (κ1) is 23.2. The van der Waals surface area contributed by atoms with Gasteiger partial charge in [-0.15, -0.1) is 11.3 Å². The van der Waals surface area contributed by atoms with Crippen LogP contribution in [-0.4, -0.2) is 82.2 Å². The van der Waals surface area contributed by atoms with E-state index in [1.54, 1.807) is 5.38 Å². The molecule has 32 heavy (non-hydrogen) atoms. The van der Waals surface area contributed by atoms with E-state index in [-0.39, 0.29) is 29.8 Å². The summed E-state index contributed by atoms with van der Waals surface area (Å²) in [5.74, 6) is 0.0564. The van der Waals surface area contributed by atoms with Crippen molar-refractivity contribution in [2.45, 2.75) is 76.9 Å². The molecule has 1 N–H and O–H groups in total. The molecule has 3 atom stereocenters. The Kier molecular flexibility index (Phi) is 7.14. The highest BCUT2D eigenvalue weighted by Gasteiger charge is 2.49. The zero-order valence-corrected chi connectivity index (χ0v) is 20.2. The molecular weight excluding hydrogens is 426 g/mol. The van der Waals surface area contributed by atoms with Crippen molar-refractivity contribution in [2.75, 3.05) is 32.0 Å². The third kappa shape index (κ3) is 4.69. The zero-order valence-electron chi connectivity index (χ0n) is 19.4. The maximum atomic E-state index is 13.7. The number of anilines is 1. The Hall–Kier alpha value is -2.00. The minimum atomic E-state index is -0.421. The van der Waals surface area contributed by atoms with E-state index in [9.17, 15) is 14.4 Å². The van der Waals surface area contributed by atoms with Crippen LogP contribution in [0.3, 0.4) is 0 Å². The summed E-state index contributed by atoms with van der Waals surface area (Å²) in [7, 11) is 1.91. The van der Waals surface area contributed by atoms with Crippen molar-refractivity contribution in [3.8, 4) is 0 Å². The van der Waals surface area contributed by atoms with Gasteiger partial charge in [0.15, 0.2) is 5.13 Å². The number of thiazole rings is 1. The molecule has 1 aromatic rings. The van der Waals surface area contributed by atoms with E-state index in [0.29, 0.717) is 16.7 Å². The molecular formula is C23H35N5O3S. The number of carbonyl (C=O) groups is 3. The fourth-order valence-electron chi connectivity index (χ4n) is 5.72. The van der Waals surface area contributed by atoms with Crippen LogP contribution in [0.2, 0.25) is 0 Å². The summed E-state index contributed by atoms with van der Waals surface area (Å²) in [4.78, 5) is 49.1. The number of nitrogens with zero attached hydrogens (tertiary/aromatic N) is 4. The quantitative estimate of drug-likeness (QED) is 0.729. The standard InChI is InChI=1S/C23H35N5O3S/c1-4-27-11-9-17(10-12-27)26(3)22(31)20-13-16-7-5-6-8-19(16)28(20)21(30)18-14-32-23(25-18)24-15(2)29/h14,16-17,19-20H,4-13H2,1-3H3,(H,24,25,29). The van der Waals surface area contributed by atoms with Gasteiger partial charge >= 0.3 is 0 Å². The number of rotatable bonds is 5. The summed E-state index contributed by atoms with van der Waals surface area (Å²) in [6.45, 7) is 6.68. The van der Waals surface area contributed by atoms with Crippen molar-refractivity contribution >= 4 is 34.2 Å². The first-order valence-electron chi connectivity index (χ1n) is 11.9. The zero-order chi connectivity index (χ0) is 22.8. The van der Waals surface area contributed by atoms with Crippen molar-refractivity contribution < 1.29 is 14.4 Å². The van der Waals surface area contributed by atoms with Crippen molar-refractivity contribution in [1.29, 1.82) is 0 Å². The molecule has 9 heteroatoms. The van der Waals surface area contributed by atoms with Gasteiger partial charge in [-0.1, -0.05) is 19.8 Å². The van der Waals surface area contributed by atoms with E-state index in [2.05, 4.69) is 22.1 Å². The number of likely N-dealkylation sites (tertiary alicyclic amines) is 2. The maximum Gasteiger partial charge on any atom is 0.274 e. The molecule has 1 aliphatic carbocycles. The van der Waals surface area contributed by atoms with Crippen LogP contribution in [0.15, 0.2) is 5.38 Å². The predicted octanol–water partition coefficient (Wildman–Crippen LogP) is 2.82. The van der Waals surface area contributed by atoms with Crippen molar-refractivity contribution in [3.05, 3.63) is 11.1 Å². The van der Waals surface area contributed by atoms with Crippen LogP contribution in [0.4, 0.5) is 5.13 Å². The number of fused-ring (bicyclic) bond motifs is 1. The lowest BCUT2D eigenvalue weighted by molar-refractivity contribution is -0.137.